The summed E-state index contributed by atoms with van der Waals surface area (Å²) in [7, 11) is 0. The number of benzene rings is 1. The molecule has 0 aliphatic rings. The molecule has 14 heavy (non-hydrogen) atoms. The van der Waals surface area contributed by atoms with Gasteiger partial charge in [0.25, 0.3) is 0 Å². The number of rotatable bonds is 4. The maximum Gasteiger partial charge on any atom is 0.126 e. The Kier molecular flexibility index (Phi) is 4.30. The van der Waals surface area contributed by atoms with Crippen molar-refractivity contribution in [2.24, 2.45) is 4.99 Å². The summed E-state index contributed by atoms with van der Waals surface area (Å²) >= 11 is 0. The molecule has 0 aliphatic heterocycles. The van der Waals surface area contributed by atoms with Gasteiger partial charge in [-0.3, -0.25) is 4.99 Å². The van der Waals surface area contributed by atoms with Crippen LogP contribution in [0.3, 0.4) is 0 Å². The number of hydrogen-bond acceptors (Lipinski definition) is 1. The Morgan fingerprint density at radius 2 is 2.14 bits per heavy atom. The molecule has 2 heteroatoms. The fourth-order valence-electron chi connectivity index (χ4n) is 1.36. The summed E-state index contributed by atoms with van der Waals surface area (Å²) in [5.74, 6) is 0.0800. The van der Waals surface area contributed by atoms with Gasteiger partial charge in [0.1, 0.15) is 5.82 Å². The molecule has 0 N–H and O–H groups in total. The zero-order valence-electron chi connectivity index (χ0n) is 8.70. The standard InChI is InChI=1S/C12H16FN/c1-3-14-9-8-10(2)11-6-4-5-7-12(11)13/h4-7,9-10H,3,8H2,1-2H3. The predicted octanol–water partition coefficient (Wildman–Crippen LogP) is 3.41. The molecule has 1 nitrogen and oxygen atoms in total. The largest absolute Gasteiger partial charge is 0.298 e. The second-order valence-corrected chi connectivity index (χ2v) is 3.34. The minimum Gasteiger partial charge on any atom is -0.298 e. The fourth-order valence-corrected chi connectivity index (χ4v) is 1.36. The lowest BCUT2D eigenvalue weighted by atomic mass is 9.98. The van der Waals surface area contributed by atoms with E-state index in [0.717, 1.165) is 18.5 Å². The van der Waals surface area contributed by atoms with E-state index in [0.29, 0.717) is 0 Å². The second-order valence-electron chi connectivity index (χ2n) is 3.34. The third kappa shape index (κ3) is 2.95. The van der Waals surface area contributed by atoms with E-state index in [4.69, 9.17) is 0 Å². The van der Waals surface area contributed by atoms with Gasteiger partial charge >= 0.3 is 0 Å². The van der Waals surface area contributed by atoms with E-state index in [1.807, 2.05) is 32.2 Å². The number of aliphatic imine (C=N–C) groups is 1. The second kappa shape index (κ2) is 5.53. The molecular weight excluding hydrogens is 177 g/mol. The van der Waals surface area contributed by atoms with Gasteiger partial charge in [-0.15, -0.1) is 0 Å². The number of hydrogen-bond donors (Lipinski definition) is 0. The number of halogens is 1. The normalized spacial score (nSPS) is 13.4. The van der Waals surface area contributed by atoms with Crippen LogP contribution >= 0.6 is 0 Å². The molecule has 0 radical (unpaired) electrons. The molecule has 0 aromatic heterocycles. The van der Waals surface area contributed by atoms with Gasteiger partial charge in [0.05, 0.1) is 0 Å². The SMILES string of the molecule is CCN=CCC(C)c1ccccc1F. The lowest BCUT2D eigenvalue weighted by molar-refractivity contribution is 0.593. The topological polar surface area (TPSA) is 12.4 Å². The van der Waals surface area contributed by atoms with Crippen molar-refractivity contribution in [3.8, 4) is 0 Å². The first kappa shape index (κ1) is 10.9. The summed E-state index contributed by atoms with van der Waals surface area (Å²) < 4.78 is 13.3. The summed E-state index contributed by atoms with van der Waals surface area (Å²) in [4.78, 5) is 4.12. The molecule has 0 fully saturated rings. The summed E-state index contributed by atoms with van der Waals surface area (Å²) in [6.07, 6.45) is 2.67. The Hall–Kier alpha value is -1.18. The Morgan fingerprint density at radius 1 is 1.43 bits per heavy atom. The molecule has 1 atom stereocenters. The van der Waals surface area contributed by atoms with Gasteiger partial charge in [-0.2, -0.15) is 0 Å². The minimum absolute atomic E-state index is 0.120. The molecule has 0 heterocycles. The van der Waals surface area contributed by atoms with Gasteiger partial charge in [-0.05, 0) is 37.1 Å². The third-order valence-electron chi connectivity index (χ3n) is 2.21. The molecule has 0 spiro atoms. The van der Waals surface area contributed by atoms with Crippen molar-refractivity contribution in [3.05, 3.63) is 35.6 Å². The molecule has 1 rings (SSSR count). The Bertz CT molecular complexity index is 307. The van der Waals surface area contributed by atoms with E-state index in [2.05, 4.69) is 4.99 Å². The summed E-state index contributed by atoms with van der Waals surface area (Å²) in [5, 5.41) is 0. The smallest absolute Gasteiger partial charge is 0.126 e. The molecule has 0 saturated carbocycles. The van der Waals surface area contributed by atoms with Gasteiger partial charge < -0.3 is 0 Å². The molecule has 76 valence electrons. The van der Waals surface area contributed by atoms with Crippen LogP contribution in [0.5, 0.6) is 0 Å². The van der Waals surface area contributed by atoms with E-state index in [9.17, 15) is 4.39 Å². The quantitative estimate of drug-likeness (QED) is 0.650. The van der Waals surface area contributed by atoms with Crippen molar-refractivity contribution < 1.29 is 4.39 Å². The highest BCUT2D eigenvalue weighted by Gasteiger charge is 2.08. The Morgan fingerprint density at radius 3 is 2.79 bits per heavy atom. The fraction of sp³-hybridized carbons (Fsp3) is 0.417. The maximum absolute atomic E-state index is 13.3. The van der Waals surface area contributed by atoms with Crippen LogP contribution in [0.1, 0.15) is 31.7 Å². The van der Waals surface area contributed by atoms with Crippen LogP contribution in [-0.4, -0.2) is 12.8 Å². The Labute approximate surface area is 84.7 Å². The van der Waals surface area contributed by atoms with Gasteiger partial charge in [0, 0.05) is 6.54 Å². The lowest BCUT2D eigenvalue weighted by Gasteiger charge is -2.09. The first-order valence-electron chi connectivity index (χ1n) is 4.98. The van der Waals surface area contributed by atoms with Crippen molar-refractivity contribution in [2.75, 3.05) is 6.54 Å². The van der Waals surface area contributed by atoms with E-state index in [-0.39, 0.29) is 11.7 Å². The van der Waals surface area contributed by atoms with Crippen LogP contribution in [0, 0.1) is 5.82 Å². The third-order valence-corrected chi connectivity index (χ3v) is 2.21. The average Bonchev–Trinajstić information content (AvgIpc) is 2.18. The first-order chi connectivity index (χ1) is 6.75. The molecule has 1 unspecified atom stereocenters. The molecule has 0 bridgehead atoms. The van der Waals surface area contributed by atoms with E-state index < -0.39 is 0 Å². The van der Waals surface area contributed by atoms with E-state index in [1.54, 1.807) is 6.07 Å². The van der Waals surface area contributed by atoms with Gasteiger partial charge in [0.15, 0.2) is 0 Å². The van der Waals surface area contributed by atoms with Gasteiger partial charge in [-0.1, -0.05) is 25.1 Å². The predicted molar refractivity (Wildman–Crippen MR) is 58.5 cm³/mol. The molecular formula is C12H16FN. The van der Waals surface area contributed by atoms with Crippen LogP contribution in [0.2, 0.25) is 0 Å². The van der Waals surface area contributed by atoms with Crippen LogP contribution in [0.25, 0.3) is 0 Å². The van der Waals surface area contributed by atoms with E-state index >= 15 is 0 Å². The highest BCUT2D eigenvalue weighted by Crippen LogP contribution is 2.20. The maximum atomic E-state index is 13.3. The zero-order valence-corrected chi connectivity index (χ0v) is 8.70. The monoisotopic (exact) mass is 193 g/mol. The first-order valence-corrected chi connectivity index (χ1v) is 4.98. The molecule has 1 aromatic rings. The van der Waals surface area contributed by atoms with Crippen LogP contribution in [0.4, 0.5) is 4.39 Å². The van der Waals surface area contributed by atoms with Crippen LogP contribution in [-0.2, 0) is 0 Å². The average molecular weight is 193 g/mol. The summed E-state index contributed by atoms with van der Waals surface area (Å²) in [6, 6.07) is 6.92. The zero-order chi connectivity index (χ0) is 10.4. The summed E-state index contributed by atoms with van der Waals surface area (Å²) in [6.45, 7) is 4.80. The molecule has 1 aromatic carbocycles. The number of nitrogens with zero attached hydrogens (tertiary/aromatic N) is 1. The highest BCUT2D eigenvalue weighted by atomic mass is 19.1. The van der Waals surface area contributed by atoms with Crippen LogP contribution in [0.15, 0.2) is 29.3 Å². The molecule has 0 amide bonds. The van der Waals surface area contributed by atoms with Crippen LogP contribution < -0.4 is 0 Å². The van der Waals surface area contributed by atoms with Gasteiger partial charge in [-0.25, -0.2) is 4.39 Å². The Balaban J connectivity index is 2.65. The van der Waals surface area contributed by atoms with Gasteiger partial charge in [0.2, 0.25) is 0 Å². The lowest BCUT2D eigenvalue weighted by Crippen LogP contribution is -1.97. The van der Waals surface area contributed by atoms with E-state index in [1.165, 1.54) is 6.07 Å². The molecule has 0 aliphatic carbocycles. The molecule has 0 saturated heterocycles. The summed E-state index contributed by atoms with van der Waals surface area (Å²) in [5.41, 5.74) is 0.773. The highest BCUT2D eigenvalue weighted by molar-refractivity contribution is 5.58. The van der Waals surface area contributed by atoms with Crippen molar-refractivity contribution in [1.29, 1.82) is 0 Å². The van der Waals surface area contributed by atoms with Crippen molar-refractivity contribution >= 4 is 6.21 Å². The van der Waals surface area contributed by atoms with Crippen molar-refractivity contribution in [1.82, 2.24) is 0 Å². The van der Waals surface area contributed by atoms with Crippen molar-refractivity contribution in [2.45, 2.75) is 26.2 Å². The van der Waals surface area contributed by atoms with Crippen molar-refractivity contribution in [3.63, 3.8) is 0 Å². The minimum atomic E-state index is -0.120.